The van der Waals surface area contributed by atoms with Gasteiger partial charge in [-0.2, -0.15) is 0 Å². The average Bonchev–Trinajstić information content (AvgIpc) is 3.08. The van der Waals surface area contributed by atoms with E-state index in [0.29, 0.717) is 10.8 Å². The first-order valence-electron chi connectivity index (χ1n) is 9.70. The van der Waals surface area contributed by atoms with Crippen molar-refractivity contribution in [1.82, 2.24) is 16.2 Å². The fraction of sp³-hybridized carbons (Fsp3) is 0.381. The zero-order valence-electron chi connectivity index (χ0n) is 16.9. The largest absolute Gasteiger partial charge is 0.497 e. The third-order valence-electron chi connectivity index (χ3n) is 5.30. The number of ether oxygens (including phenoxy) is 1. The highest BCUT2D eigenvalue weighted by Crippen LogP contribution is 2.31. The molecule has 0 radical (unpaired) electrons. The van der Waals surface area contributed by atoms with Gasteiger partial charge in [-0.15, -0.1) is 0 Å². The van der Waals surface area contributed by atoms with Crippen LogP contribution in [0.2, 0.25) is 5.02 Å². The van der Waals surface area contributed by atoms with Crippen molar-refractivity contribution in [3.05, 3.63) is 59.1 Å². The van der Waals surface area contributed by atoms with Crippen molar-refractivity contribution < 1.29 is 17.9 Å². The van der Waals surface area contributed by atoms with Crippen molar-refractivity contribution >= 4 is 27.3 Å². The van der Waals surface area contributed by atoms with E-state index < -0.39 is 9.84 Å². The van der Waals surface area contributed by atoms with Crippen molar-refractivity contribution in [2.45, 2.75) is 30.3 Å². The first-order valence-corrected chi connectivity index (χ1v) is 11.7. The molecule has 3 unspecified atom stereocenters. The molecule has 1 amide bonds. The maximum atomic E-state index is 12.5. The number of sulfone groups is 1. The highest BCUT2D eigenvalue weighted by atomic mass is 35.5. The molecule has 1 heterocycles. The summed E-state index contributed by atoms with van der Waals surface area (Å²) >= 11 is 5.97. The van der Waals surface area contributed by atoms with E-state index in [9.17, 15) is 13.2 Å². The molecular weight excluding hydrogens is 426 g/mol. The van der Waals surface area contributed by atoms with Gasteiger partial charge >= 0.3 is 0 Å². The summed E-state index contributed by atoms with van der Waals surface area (Å²) in [6.07, 6.45) is 0.275. The van der Waals surface area contributed by atoms with Crippen LogP contribution in [-0.2, 0) is 14.6 Å². The van der Waals surface area contributed by atoms with Crippen LogP contribution < -0.4 is 20.9 Å². The lowest BCUT2D eigenvalue weighted by Gasteiger charge is -2.21. The van der Waals surface area contributed by atoms with Crippen molar-refractivity contribution in [3.63, 3.8) is 0 Å². The number of rotatable bonds is 8. The molecule has 3 rings (SSSR count). The van der Waals surface area contributed by atoms with E-state index >= 15 is 0 Å². The van der Waals surface area contributed by atoms with Crippen molar-refractivity contribution in [3.8, 4) is 5.75 Å². The number of benzene rings is 2. The zero-order valence-corrected chi connectivity index (χ0v) is 18.5. The second kappa shape index (κ2) is 9.78. The Labute approximate surface area is 182 Å². The molecule has 1 aliphatic heterocycles. The molecule has 1 fully saturated rings. The molecule has 0 saturated carbocycles. The lowest BCUT2D eigenvalue weighted by Crippen LogP contribution is -2.33. The monoisotopic (exact) mass is 451 g/mol. The molecule has 0 bridgehead atoms. The molecular formula is C21H26ClN3O4S. The Hall–Kier alpha value is -2.13. The van der Waals surface area contributed by atoms with Gasteiger partial charge in [0, 0.05) is 29.9 Å². The highest BCUT2D eigenvalue weighted by Gasteiger charge is 2.35. The van der Waals surface area contributed by atoms with Crippen molar-refractivity contribution in [2.75, 3.05) is 19.4 Å². The van der Waals surface area contributed by atoms with Gasteiger partial charge in [-0.3, -0.25) is 10.2 Å². The van der Waals surface area contributed by atoms with Gasteiger partial charge in [0.2, 0.25) is 5.91 Å². The lowest BCUT2D eigenvalue weighted by molar-refractivity contribution is -0.122. The quantitative estimate of drug-likeness (QED) is 0.570. The number of methoxy groups -OCH3 is 1. The summed E-state index contributed by atoms with van der Waals surface area (Å²) in [5.41, 5.74) is 7.45. The number of amides is 1. The van der Waals surface area contributed by atoms with Gasteiger partial charge in [-0.1, -0.05) is 23.7 Å². The molecule has 2 aromatic carbocycles. The van der Waals surface area contributed by atoms with E-state index in [2.05, 4.69) is 16.2 Å². The third-order valence-corrected chi connectivity index (χ3v) is 7.28. The normalized spacial score (nSPS) is 21.4. The minimum absolute atomic E-state index is 0.0179. The van der Waals surface area contributed by atoms with Crippen LogP contribution in [0.4, 0.5) is 0 Å². The predicted octanol–water partition coefficient (Wildman–Crippen LogP) is 2.48. The minimum Gasteiger partial charge on any atom is -0.497 e. The Bertz CT molecular complexity index is 965. The summed E-state index contributed by atoms with van der Waals surface area (Å²) in [4.78, 5) is 12.7. The molecule has 0 aliphatic carbocycles. The number of hydrazine groups is 1. The van der Waals surface area contributed by atoms with Crippen LogP contribution >= 0.6 is 11.6 Å². The summed E-state index contributed by atoms with van der Waals surface area (Å²) in [5, 5.41) is 3.40. The lowest BCUT2D eigenvalue weighted by atomic mass is 9.87. The Balaban J connectivity index is 1.54. The van der Waals surface area contributed by atoms with Gasteiger partial charge < -0.3 is 10.1 Å². The summed E-state index contributed by atoms with van der Waals surface area (Å²) in [6, 6.07) is 13.8. The fourth-order valence-corrected chi connectivity index (χ4v) is 4.81. The van der Waals surface area contributed by atoms with Gasteiger partial charge in [0.1, 0.15) is 5.75 Å². The van der Waals surface area contributed by atoms with Crippen LogP contribution in [0.5, 0.6) is 5.75 Å². The SMILES string of the molecule is COc1ccc(S(=O)(=O)CCNC(=O)CC2C(C)NNC2c2ccc(Cl)cc2)cc1. The standard InChI is InChI=1S/C21H26ClN3O4S/c1-14-19(21(25-24-14)15-3-5-16(22)6-4-15)13-20(26)23-11-12-30(27,28)18-9-7-17(29-2)8-10-18/h3-10,14,19,21,24-25H,11-13H2,1-2H3,(H,23,26). The molecule has 0 aromatic heterocycles. The predicted molar refractivity (Wildman–Crippen MR) is 116 cm³/mol. The molecule has 3 atom stereocenters. The van der Waals surface area contributed by atoms with Gasteiger partial charge in [0.05, 0.1) is 23.8 Å². The van der Waals surface area contributed by atoms with Crippen molar-refractivity contribution in [1.29, 1.82) is 0 Å². The Morgan fingerprint density at radius 1 is 1.10 bits per heavy atom. The van der Waals surface area contributed by atoms with Crippen LogP contribution in [0.3, 0.4) is 0 Å². The molecule has 7 nitrogen and oxygen atoms in total. The third kappa shape index (κ3) is 5.51. The number of nitrogens with one attached hydrogen (secondary N) is 3. The maximum absolute atomic E-state index is 12.5. The number of hydrogen-bond acceptors (Lipinski definition) is 6. The molecule has 162 valence electrons. The smallest absolute Gasteiger partial charge is 0.220 e. The van der Waals surface area contributed by atoms with E-state index in [0.717, 1.165) is 5.56 Å². The first-order chi connectivity index (χ1) is 14.3. The van der Waals surface area contributed by atoms with E-state index in [1.807, 2.05) is 31.2 Å². The van der Waals surface area contributed by atoms with Crippen LogP contribution in [0.25, 0.3) is 0 Å². The van der Waals surface area contributed by atoms with Crippen LogP contribution in [0.15, 0.2) is 53.4 Å². The minimum atomic E-state index is -3.48. The van der Waals surface area contributed by atoms with Gasteiger partial charge in [0.15, 0.2) is 9.84 Å². The molecule has 9 heteroatoms. The van der Waals surface area contributed by atoms with Gasteiger partial charge in [-0.05, 0) is 48.9 Å². The second-order valence-corrected chi connectivity index (χ2v) is 9.86. The highest BCUT2D eigenvalue weighted by molar-refractivity contribution is 7.91. The fourth-order valence-electron chi connectivity index (χ4n) is 3.53. The Morgan fingerprint density at radius 3 is 2.40 bits per heavy atom. The topological polar surface area (TPSA) is 96.5 Å². The van der Waals surface area contributed by atoms with Crippen LogP contribution in [0, 0.1) is 5.92 Å². The summed E-state index contributed by atoms with van der Waals surface area (Å²) in [7, 11) is -1.96. The van der Waals surface area contributed by atoms with Gasteiger partial charge in [0.25, 0.3) is 0 Å². The summed E-state index contributed by atoms with van der Waals surface area (Å²) in [5.74, 6) is 0.263. The summed E-state index contributed by atoms with van der Waals surface area (Å²) in [6.45, 7) is 2.07. The van der Waals surface area contributed by atoms with Crippen LogP contribution in [0.1, 0.15) is 24.9 Å². The Morgan fingerprint density at radius 2 is 1.77 bits per heavy atom. The van der Waals surface area contributed by atoms with E-state index in [4.69, 9.17) is 16.3 Å². The van der Waals surface area contributed by atoms with Gasteiger partial charge in [-0.25, -0.2) is 13.8 Å². The molecule has 2 aromatic rings. The van der Waals surface area contributed by atoms with Crippen molar-refractivity contribution in [2.24, 2.45) is 5.92 Å². The number of carbonyl (C=O) groups is 1. The average molecular weight is 452 g/mol. The second-order valence-electron chi connectivity index (χ2n) is 7.32. The number of hydrogen-bond donors (Lipinski definition) is 3. The molecule has 0 spiro atoms. The number of halogens is 1. The zero-order chi connectivity index (χ0) is 21.7. The molecule has 1 aliphatic rings. The number of carbonyl (C=O) groups excluding carboxylic acids is 1. The van der Waals surface area contributed by atoms with E-state index in [-0.39, 0.29) is 47.5 Å². The summed E-state index contributed by atoms with van der Waals surface area (Å²) < 4.78 is 29.9. The van der Waals surface area contributed by atoms with E-state index in [1.54, 1.807) is 12.1 Å². The molecule has 3 N–H and O–H groups in total. The maximum Gasteiger partial charge on any atom is 0.220 e. The molecule has 30 heavy (non-hydrogen) atoms. The first kappa shape index (κ1) is 22.6. The van der Waals surface area contributed by atoms with E-state index in [1.165, 1.54) is 19.2 Å². The Kier molecular flexibility index (Phi) is 7.36. The molecule has 1 saturated heterocycles. The van der Waals surface area contributed by atoms with Crippen LogP contribution in [-0.4, -0.2) is 39.8 Å².